The fourth-order valence-corrected chi connectivity index (χ4v) is 2.58. The molecule has 0 aliphatic rings. The summed E-state index contributed by atoms with van der Waals surface area (Å²) in [6.07, 6.45) is 1.90. The molecule has 102 valence electrons. The van der Waals surface area contributed by atoms with Crippen LogP contribution in [0.2, 0.25) is 10.2 Å². The first-order chi connectivity index (χ1) is 8.28. The summed E-state index contributed by atoms with van der Waals surface area (Å²) in [5.41, 5.74) is -0.571. The van der Waals surface area contributed by atoms with Crippen LogP contribution in [0, 0.1) is 0 Å². The number of rotatable bonds is 5. The summed E-state index contributed by atoms with van der Waals surface area (Å²) < 4.78 is 1.50. The predicted octanol–water partition coefficient (Wildman–Crippen LogP) is 2.18. The van der Waals surface area contributed by atoms with Crippen LogP contribution in [0.3, 0.4) is 0 Å². The zero-order valence-corrected chi connectivity index (χ0v) is 12.8. The van der Waals surface area contributed by atoms with E-state index in [0.717, 1.165) is 0 Å². The van der Waals surface area contributed by atoms with Crippen LogP contribution in [0.25, 0.3) is 0 Å². The number of thioether (sulfide) groups is 1. The number of hydrogen-bond acceptors (Lipinski definition) is 3. The first-order valence-electron chi connectivity index (χ1n) is 5.29. The van der Waals surface area contributed by atoms with Gasteiger partial charge in [0.25, 0.3) is 5.91 Å². The van der Waals surface area contributed by atoms with Crippen molar-refractivity contribution in [3.05, 3.63) is 21.9 Å². The third kappa shape index (κ3) is 3.82. The monoisotopic (exact) mass is 310 g/mol. The lowest BCUT2D eigenvalue weighted by atomic mass is 10.1. The number of nitrogens with one attached hydrogen (secondary N) is 1. The number of amides is 1. The van der Waals surface area contributed by atoms with E-state index < -0.39 is 5.60 Å². The first kappa shape index (κ1) is 15.7. The van der Waals surface area contributed by atoms with Crippen molar-refractivity contribution in [2.75, 3.05) is 18.6 Å². The van der Waals surface area contributed by atoms with Gasteiger partial charge < -0.3 is 15.0 Å². The Morgan fingerprint density at radius 2 is 2.22 bits per heavy atom. The molecule has 1 heterocycles. The molecule has 0 radical (unpaired) electrons. The summed E-state index contributed by atoms with van der Waals surface area (Å²) >= 11 is 13.2. The topological polar surface area (TPSA) is 54.3 Å². The van der Waals surface area contributed by atoms with Gasteiger partial charge in [-0.15, -0.1) is 0 Å². The molecule has 1 aromatic rings. The maximum absolute atomic E-state index is 11.9. The van der Waals surface area contributed by atoms with Gasteiger partial charge >= 0.3 is 0 Å². The van der Waals surface area contributed by atoms with Gasteiger partial charge in [-0.3, -0.25) is 4.79 Å². The standard InChI is InChI=1S/C11H16Cl2N2O2S/c1-11(17,6-18-3)5-14-10(16)8-4-7(12)9(13)15(8)2/h4,17H,5-6H2,1-3H3,(H,14,16). The highest BCUT2D eigenvalue weighted by atomic mass is 35.5. The average molecular weight is 311 g/mol. The zero-order valence-electron chi connectivity index (χ0n) is 10.5. The normalized spacial score (nSPS) is 14.3. The van der Waals surface area contributed by atoms with Gasteiger partial charge in [0.1, 0.15) is 10.8 Å². The van der Waals surface area contributed by atoms with Gasteiger partial charge in [-0.2, -0.15) is 11.8 Å². The first-order valence-corrected chi connectivity index (χ1v) is 7.43. The number of halogens is 2. The lowest BCUT2D eigenvalue weighted by Crippen LogP contribution is -2.42. The van der Waals surface area contributed by atoms with E-state index in [9.17, 15) is 9.90 Å². The highest BCUT2D eigenvalue weighted by molar-refractivity contribution is 7.98. The Kier molecular flexibility index (Phi) is 5.40. The molecule has 18 heavy (non-hydrogen) atoms. The fraction of sp³-hybridized carbons (Fsp3) is 0.545. The molecule has 1 amide bonds. The van der Waals surface area contributed by atoms with E-state index >= 15 is 0 Å². The van der Waals surface area contributed by atoms with Gasteiger partial charge in [-0.25, -0.2) is 0 Å². The summed E-state index contributed by atoms with van der Waals surface area (Å²) in [6.45, 7) is 1.85. The molecular weight excluding hydrogens is 295 g/mol. The molecule has 7 heteroatoms. The highest BCUT2D eigenvalue weighted by Crippen LogP contribution is 2.25. The minimum atomic E-state index is -0.937. The predicted molar refractivity (Wildman–Crippen MR) is 76.8 cm³/mol. The molecule has 0 aromatic carbocycles. The molecule has 4 nitrogen and oxygen atoms in total. The van der Waals surface area contributed by atoms with Crippen LogP contribution in [0.15, 0.2) is 6.07 Å². The van der Waals surface area contributed by atoms with Gasteiger partial charge in [-0.05, 0) is 19.2 Å². The number of aromatic nitrogens is 1. The molecule has 0 bridgehead atoms. The van der Waals surface area contributed by atoms with Crippen LogP contribution in [-0.2, 0) is 7.05 Å². The summed E-state index contributed by atoms with van der Waals surface area (Å²) in [6, 6.07) is 1.50. The Bertz CT molecular complexity index is 446. The molecule has 0 spiro atoms. The molecule has 1 unspecified atom stereocenters. The molecule has 1 atom stereocenters. The number of aliphatic hydroxyl groups is 1. The van der Waals surface area contributed by atoms with Gasteiger partial charge in [-0.1, -0.05) is 23.2 Å². The van der Waals surface area contributed by atoms with Crippen molar-refractivity contribution in [1.29, 1.82) is 0 Å². The number of nitrogens with zero attached hydrogens (tertiary/aromatic N) is 1. The molecule has 0 aliphatic carbocycles. The van der Waals surface area contributed by atoms with Gasteiger partial charge in [0.2, 0.25) is 0 Å². The summed E-state index contributed by atoms with van der Waals surface area (Å²) in [5, 5.41) is 13.3. The molecule has 0 aliphatic heterocycles. The van der Waals surface area contributed by atoms with Gasteiger partial charge in [0, 0.05) is 19.3 Å². The minimum Gasteiger partial charge on any atom is -0.387 e. The maximum atomic E-state index is 11.9. The lowest BCUT2D eigenvalue weighted by Gasteiger charge is -2.22. The Labute approximate surface area is 121 Å². The molecular formula is C11H16Cl2N2O2S. The number of hydrogen-bond donors (Lipinski definition) is 2. The van der Waals surface area contributed by atoms with Crippen molar-refractivity contribution in [2.24, 2.45) is 7.05 Å². The smallest absolute Gasteiger partial charge is 0.268 e. The van der Waals surface area contributed by atoms with Crippen LogP contribution in [0.1, 0.15) is 17.4 Å². The van der Waals surface area contributed by atoms with E-state index in [1.54, 1.807) is 14.0 Å². The van der Waals surface area contributed by atoms with Crippen LogP contribution < -0.4 is 5.32 Å². The van der Waals surface area contributed by atoms with Crippen molar-refractivity contribution in [2.45, 2.75) is 12.5 Å². The van der Waals surface area contributed by atoms with Crippen LogP contribution in [-0.4, -0.2) is 39.7 Å². The quantitative estimate of drug-likeness (QED) is 0.876. The summed E-state index contributed by atoms with van der Waals surface area (Å²) in [4.78, 5) is 11.9. The zero-order chi connectivity index (χ0) is 13.9. The number of carbonyl (C=O) groups excluding carboxylic acids is 1. The van der Waals surface area contributed by atoms with E-state index in [4.69, 9.17) is 23.2 Å². The van der Waals surface area contributed by atoms with Crippen LogP contribution >= 0.6 is 35.0 Å². The molecule has 0 fully saturated rings. The third-order valence-electron chi connectivity index (χ3n) is 2.43. The second kappa shape index (κ2) is 6.19. The minimum absolute atomic E-state index is 0.174. The van der Waals surface area contributed by atoms with Crippen molar-refractivity contribution >= 4 is 40.9 Å². The van der Waals surface area contributed by atoms with E-state index in [2.05, 4.69) is 5.32 Å². The van der Waals surface area contributed by atoms with Crippen molar-refractivity contribution in [3.8, 4) is 0 Å². The van der Waals surface area contributed by atoms with Crippen LogP contribution in [0.5, 0.6) is 0 Å². The largest absolute Gasteiger partial charge is 0.387 e. The molecule has 0 saturated carbocycles. The van der Waals surface area contributed by atoms with Crippen LogP contribution in [0.4, 0.5) is 0 Å². The van der Waals surface area contributed by atoms with Gasteiger partial charge in [0.15, 0.2) is 0 Å². The highest BCUT2D eigenvalue weighted by Gasteiger charge is 2.22. The van der Waals surface area contributed by atoms with Crippen molar-refractivity contribution < 1.29 is 9.90 Å². The second-order valence-electron chi connectivity index (χ2n) is 4.34. The number of carbonyl (C=O) groups is 1. The third-order valence-corrected chi connectivity index (χ3v) is 4.19. The summed E-state index contributed by atoms with van der Waals surface area (Å²) in [5.74, 6) is 0.231. The van der Waals surface area contributed by atoms with Crippen molar-refractivity contribution in [1.82, 2.24) is 9.88 Å². The maximum Gasteiger partial charge on any atom is 0.268 e. The molecule has 1 rings (SSSR count). The fourth-order valence-electron chi connectivity index (χ4n) is 1.48. The van der Waals surface area contributed by atoms with E-state index in [0.29, 0.717) is 21.6 Å². The lowest BCUT2D eigenvalue weighted by molar-refractivity contribution is 0.0720. The summed E-state index contributed by atoms with van der Waals surface area (Å²) in [7, 11) is 1.66. The molecule has 2 N–H and O–H groups in total. The Morgan fingerprint density at radius 1 is 1.61 bits per heavy atom. The van der Waals surface area contributed by atoms with E-state index in [1.165, 1.54) is 22.4 Å². The Balaban J connectivity index is 2.69. The average Bonchev–Trinajstić information content (AvgIpc) is 2.54. The van der Waals surface area contributed by atoms with E-state index in [-0.39, 0.29) is 12.5 Å². The Morgan fingerprint density at radius 3 is 2.67 bits per heavy atom. The molecule has 1 aromatic heterocycles. The van der Waals surface area contributed by atoms with Crippen molar-refractivity contribution in [3.63, 3.8) is 0 Å². The van der Waals surface area contributed by atoms with Gasteiger partial charge in [0.05, 0.1) is 10.6 Å². The van der Waals surface area contributed by atoms with E-state index in [1.807, 2.05) is 6.26 Å². The Hall–Kier alpha value is -0.360. The SMILES string of the molecule is CSCC(C)(O)CNC(=O)c1cc(Cl)c(Cl)n1C. The molecule has 0 saturated heterocycles. The second-order valence-corrected chi connectivity index (χ2v) is 5.97.